The maximum absolute atomic E-state index is 13.1. The van der Waals surface area contributed by atoms with E-state index in [1.807, 2.05) is 45.0 Å². The third-order valence-electron chi connectivity index (χ3n) is 7.78. The molecular formula is C29H30N2O5. The van der Waals surface area contributed by atoms with Crippen LogP contribution in [0.4, 0.5) is 11.4 Å². The van der Waals surface area contributed by atoms with E-state index >= 15 is 0 Å². The number of esters is 1. The Labute approximate surface area is 210 Å². The first-order chi connectivity index (χ1) is 17.2. The summed E-state index contributed by atoms with van der Waals surface area (Å²) in [7, 11) is 0. The largest absolute Gasteiger partial charge is 0.426 e. The molecule has 2 aromatic rings. The van der Waals surface area contributed by atoms with Gasteiger partial charge in [-0.25, -0.2) is 4.90 Å². The number of imide groups is 1. The molecule has 2 aliphatic heterocycles. The SMILES string of the molecule is CC1=CC[C@@H]2C(=O)N(c3ccc(OC(=O)[C@H]4CC(=O)N(c5cccc(C)c5C)C4)cc3C)C(=O)[C@H]2C1. The molecule has 2 saturated heterocycles. The zero-order chi connectivity index (χ0) is 25.7. The quantitative estimate of drug-likeness (QED) is 0.277. The molecule has 3 aliphatic rings. The number of allylic oxidation sites excluding steroid dienone is 2. The second-order valence-corrected chi connectivity index (χ2v) is 10.2. The van der Waals surface area contributed by atoms with Crippen molar-refractivity contribution in [2.45, 2.75) is 47.0 Å². The number of hydrogen-bond donors (Lipinski definition) is 0. The van der Waals surface area contributed by atoms with Gasteiger partial charge in [-0.3, -0.25) is 19.2 Å². The summed E-state index contributed by atoms with van der Waals surface area (Å²) >= 11 is 0. The highest BCUT2D eigenvalue weighted by Crippen LogP contribution is 2.41. The van der Waals surface area contributed by atoms with Gasteiger partial charge < -0.3 is 9.64 Å². The third-order valence-corrected chi connectivity index (χ3v) is 7.78. The highest BCUT2D eigenvalue weighted by molar-refractivity contribution is 6.22. The number of benzene rings is 2. The molecule has 0 bridgehead atoms. The summed E-state index contributed by atoms with van der Waals surface area (Å²) in [5, 5.41) is 0. The average molecular weight is 487 g/mol. The van der Waals surface area contributed by atoms with Crippen molar-refractivity contribution in [3.63, 3.8) is 0 Å². The number of carbonyl (C=O) groups excluding carboxylic acids is 4. The molecule has 2 aromatic carbocycles. The van der Waals surface area contributed by atoms with E-state index < -0.39 is 11.9 Å². The monoisotopic (exact) mass is 486 g/mol. The van der Waals surface area contributed by atoms with E-state index in [1.165, 1.54) is 4.90 Å². The molecular weight excluding hydrogens is 456 g/mol. The molecule has 0 radical (unpaired) electrons. The van der Waals surface area contributed by atoms with E-state index in [2.05, 4.69) is 0 Å². The Morgan fingerprint density at radius 1 is 0.889 bits per heavy atom. The lowest BCUT2D eigenvalue weighted by Crippen LogP contribution is -2.31. The summed E-state index contributed by atoms with van der Waals surface area (Å²) in [5.74, 6) is -1.76. The normalized spacial score (nSPS) is 23.7. The van der Waals surface area contributed by atoms with Crippen molar-refractivity contribution in [3.8, 4) is 5.75 Å². The average Bonchev–Trinajstić information content (AvgIpc) is 3.33. The van der Waals surface area contributed by atoms with Crippen LogP contribution in [0, 0.1) is 38.5 Å². The number of carbonyl (C=O) groups is 4. The fourth-order valence-corrected chi connectivity index (χ4v) is 5.54. The molecule has 36 heavy (non-hydrogen) atoms. The highest BCUT2D eigenvalue weighted by Gasteiger charge is 2.49. The van der Waals surface area contributed by atoms with E-state index in [1.54, 1.807) is 30.0 Å². The number of amides is 3. The van der Waals surface area contributed by atoms with Crippen LogP contribution in [0.1, 0.15) is 42.9 Å². The Kier molecular flexibility index (Phi) is 6.02. The molecule has 0 aromatic heterocycles. The molecule has 2 fully saturated rings. The Morgan fingerprint density at radius 2 is 1.64 bits per heavy atom. The fourth-order valence-electron chi connectivity index (χ4n) is 5.54. The number of nitrogens with zero attached hydrogens (tertiary/aromatic N) is 2. The Hall–Kier alpha value is -3.74. The molecule has 0 saturated carbocycles. The van der Waals surface area contributed by atoms with Crippen molar-refractivity contribution in [1.82, 2.24) is 0 Å². The number of ether oxygens (including phenoxy) is 1. The van der Waals surface area contributed by atoms with Crippen molar-refractivity contribution in [2.75, 3.05) is 16.3 Å². The molecule has 0 N–H and O–H groups in total. The van der Waals surface area contributed by atoms with Crippen molar-refractivity contribution < 1.29 is 23.9 Å². The van der Waals surface area contributed by atoms with Crippen LogP contribution in [-0.2, 0) is 19.2 Å². The minimum Gasteiger partial charge on any atom is -0.426 e. The number of hydrogen-bond acceptors (Lipinski definition) is 5. The van der Waals surface area contributed by atoms with Crippen LogP contribution in [0.15, 0.2) is 48.0 Å². The maximum atomic E-state index is 13.1. The van der Waals surface area contributed by atoms with Crippen LogP contribution in [0.2, 0.25) is 0 Å². The van der Waals surface area contributed by atoms with Gasteiger partial charge in [-0.2, -0.15) is 0 Å². The maximum Gasteiger partial charge on any atom is 0.316 e. The summed E-state index contributed by atoms with van der Waals surface area (Å²) in [5.41, 5.74) is 5.25. The first-order valence-electron chi connectivity index (χ1n) is 12.4. The molecule has 186 valence electrons. The van der Waals surface area contributed by atoms with Gasteiger partial charge in [0, 0.05) is 18.7 Å². The standard InChI is InChI=1S/C29H30N2O5/c1-16-8-10-22-23(12-16)28(34)31(27(22)33)24-11-9-21(13-18(24)3)36-29(35)20-14-26(32)30(15-20)25-7-5-6-17(2)19(25)4/h5-9,11,13,20,22-23H,10,12,14-15H2,1-4H3/t20-,22-,23-/m0/s1. The van der Waals surface area contributed by atoms with Gasteiger partial charge in [0.1, 0.15) is 5.75 Å². The van der Waals surface area contributed by atoms with Crippen LogP contribution in [0.5, 0.6) is 5.75 Å². The summed E-state index contributed by atoms with van der Waals surface area (Å²) in [4.78, 5) is 54.6. The first kappa shape index (κ1) is 24.0. The molecule has 2 heterocycles. The van der Waals surface area contributed by atoms with Gasteiger partial charge in [-0.1, -0.05) is 23.8 Å². The Morgan fingerprint density at radius 3 is 2.39 bits per heavy atom. The van der Waals surface area contributed by atoms with E-state index in [0.29, 0.717) is 29.8 Å². The summed E-state index contributed by atoms with van der Waals surface area (Å²) < 4.78 is 5.63. The third kappa shape index (κ3) is 4.02. The molecule has 7 nitrogen and oxygen atoms in total. The van der Waals surface area contributed by atoms with E-state index in [-0.39, 0.29) is 42.5 Å². The number of rotatable bonds is 4. The summed E-state index contributed by atoms with van der Waals surface area (Å²) in [6.07, 6.45) is 3.34. The number of aryl methyl sites for hydroxylation is 2. The van der Waals surface area contributed by atoms with E-state index in [9.17, 15) is 19.2 Å². The predicted octanol–water partition coefficient (Wildman–Crippen LogP) is 4.42. The van der Waals surface area contributed by atoms with Crippen LogP contribution >= 0.6 is 0 Å². The lowest BCUT2D eigenvalue weighted by Gasteiger charge is -2.20. The van der Waals surface area contributed by atoms with Gasteiger partial charge in [-0.05, 0) is 81.5 Å². The second kappa shape index (κ2) is 9.04. The van der Waals surface area contributed by atoms with Gasteiger partial charge in [0.15, 0.2) is 0 Å². The van der Waals surface area contributed by atoms with Crippen molar-refractivity contribution in [2.24, 2.45) is 17.8 Å². The van der Waals surface area contributed by atoms with Gasteiger partial charge >= 0.3 is 5.97 Å². The smallest absolute Gasteiger partial charge is 0.316 e. The first-order valence-corrected chi connectivity index (χ1v) is 12.4. The van der Waals surface area contributed by atoms with Gasteiger partial charge in [0.25, 0.3) is 0 Å². The summed E-state index contributed by atoms with van der Waals surface area (Å²) in [6, 6.07) is 10.7. The summed E-state index contributed by atoms with van der Waals surface area (Å²) in [6.45, 7) is 8.01. The predicted molar refractivity (Wildman–Crippen MR) is 136 cm³/mol. The van der Waals surface area contributed by atoms with Crippen LogP contribution in [0.3, 0.4) is 0 Å². The van der Waals surface area contributed by atoms with Crippen molar-refractivity contribution >= 4 is 35.1 Å². The van der Waals surface area contributed by atoms with Gasteiger partial charge in [0.05, 0.1) is 23.4 Å². The van der Waals surface area contributed by atoms with Gasteiger partial charge in [-0.15, -0.1) is 0 Å². The van der Waals surface area contributed by atoms with Crippen LogP contribution in [-0.4, -0.2) is 30.2 Å². The second-order valence-electron chi connectivity index (χ2n) is 10.2. The Balaban J connectivity index is 1.29. The van der Waals surface area contributed by atoms with Crippen molar-refractivity contribution in [3.05, 3.63) is 64.7 Å². The zero-order valence-corrected chi connectivity index (χ0v) is 21.0. The lowest BCUT2D eigenvalue weighted by molar-refractivity contribution is -0.139. The van der Waals surface area contributed by atoms with Crippen LogP contribution in [0.25, 0.3) is 0 Å². The number of fused-ring (bicyclic) bond motifs is 1. The Bertz CT molecular complexity index is 1330. The molecule has 5 rings (SSSR count). The molecule has 7 heteroatoms. The highest BCUT2D eigenvalue weighted by atomic mass is 16.5. The van der Waals surface area contributed by atoms with Crippen LogP contribution < -0.4 is 14.5 Å². The van der Waals surface area contributed by atoms with Crippen molar-refractivity contribution in [1.29, 1.82) is 0 Å². The minimum atomic E-state index is -0.571. The van der Waals surface area contributed by atoms with Gasteiger partial charge in [0.2, 0.25) is 17.7 Å². The zero-order valence-electron chi connectivity index (χ0n) is 21.0. The minimum absolute atomic E-state index is 0.0935. The molecule has 3 atom stereocenters. The molecule has 0 spiro atoms. The lowest BCUT2D eigenvalue weighted by atomic mass is 9.82. The van der Waals surface area contributed by atoms with E-state index in [4.69, 9.17) is 4.74 Å². The molecule has 0 unspecified atom stereocenters. The molecule has 3 amide bonds. The van der Waals surface area contributed by atoms with E-state index in [0.717, 1.165) is 22.4 Å². The topological polar surface area (TPSA) is 84.0 Å². The fraction of sp³-hybridized carbons (Fsp3) is 0.379. The molecule has 1 aliphatic carbocycles. The number of anilines is 2.